The molecule has 0 aromatic carbocycles. The smallest absolute Gasteiger partial charge is 0.257 e. The number of aromatic nitrogens is 2. The van der Waals surface area contributed by atoms with Crippen LogP contribution in [0.25, 0.3) is 10.8 Å². The van der Waals surface area contributed by atoms with Crippen molar-refractivity contribution >= 4 is 11.3 Å². The topological polar surface area (TPSA) is 51.0 Å². The van der Waals surface area contributed by atoms with E-state index in [1.807, 2.05) is 0 Å². The minimum Gasteiger partial charge on any atom is -0.420 e. The van der Waals surface area contributed by atoms with Gasteiger partial charge in [-0.2, -0.15) is 0 Å². The fraction of sp³-hybridized carbons (Fsp3) is 0.538. The van der Waals surface area contributed by atoms with Crippen LogP contribution in [0.1, 0.15) is 30.5 Å². The van der Waals surface area contributed by atoms with Crippen LogP contribution in [0.5, 0.6) is 0 Å². The van der Waals surface area contributed by atoms with E-state index < -0.39 is 0 Å². The third-order valence-corrected chi connectivity index (χ3v) is 4.25. The quantitative estimate of drug-likeness (QED) is 0.870. The van der Waals surface area contributed by atoms with E-state index in [1.54, 1.807) is 11.3 Å². The third kappa shape index (κ3) is 2.79. The molecule has 0 unspecified atom stereocenters. The largest absolute Gasteiger partial charge is 0.420 e. The summed E-state index contributed by atoms with van der Waals surface area (Å²) in [4.78, 5) is 2.42. The lowest BCUT2D eigenvalue weighted by atomic mass is 10.4. The van der Waals surface area contributed by atoms with Gasteiger partial charge >= 0.3 is 0 Å². The predicted molar refractivity (Wildman–Crippen MR) is 71.7 cm³/mol. The number of hydrogen-bond acceptors (Lipinski definition) is 5. The highest BCUT2D eigenvalue weighted by atomic mass is 32.1. The molecule has 96 valence electrons. The summed E-state index contributed by atoms with van der Waals surface area (Å²) in [6.07, 6.45) is 4.49. The first-order chi connectivity index (χ1) is 8.85. The summed E-state index contributed by atoms with van der Waals surface area (Å²) in [6, 6.07) is 4.92. The van der Waals surface area contributed by atoms with Crippen LogP contribution < -0.4 is 5.32 Å². The van der Waals surface area contributed by atoms with Gasteiger partial charge in [-0.25, -0.2) is 0 Å². The molecule has 1 fully saturated rings. The lowest BCUT2D eigenvalue weighted by molar-refractivity contribution is 0.495. The molecule has 3 rings (SSSR count). The number of aryl methyl sites for hydroxylation is 1. The molecule has 1 N–H and O–H groups in total. The van der Waals surface area contributed by atoms with Crippen molar-refractivity contribution in [2.75, 3.05) is 6.54 Å². The van der Waals surface area contributed by atoms with Gasteiger partial charge < -0.3 is 9.73 Å². The number of rotatable bonds is 6. The predicted octanol–water partition coefficient (Wildman–Crippen LogP) is 2.66. The Labute approximate surface area is 110 Å². The zero-order chi connectivity index (χ0) is 12.4. The summed E-state index contributed by atoms with van der Waals surface area (Å²) in [5.41, 5.74) is 0. The van der Waals surface area contributed by atoms with Crippen molar-refractivity contribution in [3.63, 3.8) is 0 Å². The second kappa shape index (κ2) is 5.20. The molecule has 18 heavy (non-hydrogen) atoms. The van der Waals surface area contributed by atoms with Gasteiger partial charge in [0.15, 0.2) is 0 Å². The summed E-state index contributed by atoms with van der Waals surface area (Å²) in [5, 5.41) is 11.7. The van der Waals surface area contributed by atoms with Crippen LogP contribution in [0, 0.1) is 0 Å². The van der Waals surface area contributed by atoms with E-state index in [4.69, 9.17) is 4.42 Å². The standard InChI is InChI=1S/C13H17N3OS/c1-2-10-5-6-11(18-10)13-16-15-12(17-13)7-8-14-9-3-4-9/h5-6,9,14H,2-4,7-8H2,1H3. The molecule has 0 spiro atoms. The fourth-order valence-corrected chi connectivity index (χ4v) is 2.68. The van der Waals surface area contributed by atoms with Crippen molar-refractivity contribution < 1.29 is 4.42 Å². The van der Waals surface area contributed by atoms with Crippen molar-refractivity contribution in [3.8, 4) is 10.8 Å². The first kappa shape index (κ1) is 11.9. The Morgan fingerprint density at radius 3 is 3.00 bits per heavy atom. The molecule has 0 saturated heterocycles. The molecule has 0 atom stereocenters. The fourth-order valence-electron chi connectivity index (χ4n) is 1.81. The molecule has 2 heterocycles. The van der Waals surface area contributed by atoms with Crippen LogP contribution in [0.4, 0.5) is 0 Å². The van der Waals surface area contributed by atoms with Crippen molar-refractivity contribution in [2.45, 2.75) is 38.6 Å². The molecule has 2 aromatic rings. The number of hydrogen-bond donors (Lipinski definition) is 1. The van der Waals surface area contributed by atoms with Gasteiger partial charge in [-0.05, 0) is 31.4 Å². The summed E-state index contributed by atoms with van der Waals surface area (Å²) in [5.74, 6) is 1.38. The highest BCUT2D eigenvalue weighted by Crippen LogP contribution is 2.27. The van der Waals surface area contributed by atoms with E-state index in [-0.39, 0.29) is 0 Å². The summed E-state index contributed by atoms with van der Waals surface area (Å²) < 4.78 is 5.68. The Balaban J connectivity index is 1.60. The average molecular weight is 263 g/mol. The van der Waals surface area contributed by atoms with Gasteiger partial charge in [0.05, 0.1) is 4.88 Å². The molecule has 5 heteroatoms. The van der Waals surface area contributed by atoms with Crippen molar-refractivity contribution in [1.82, 2.24) is 15.5 Å². The first-order valence-corrected chi connectivity index (χ1v) is 7.31. The van der Waals surface area contributed by atoms with E-state index >= 15 is 0 Å². The molecule has 0 amide bonds. The maximum Gasteiger partial charge on any atom is 0.257 e. The maximum absolute atomic E-state index is 5.68. The van der Waals surface area contributed by atoms with Crippen LogP contribution in [0.3, 0.4) is 0 Å². The van der Waals surface area contributed by atoms with E-state index in [0.29, 0.717) is 5.89 Å². The monoisotopic (exact) mass is 263 g/mol. The van der Waals surface area contributed by atoms with E-state index in [2.05, 4.69) is 34.6 Å². The van der Waals surface area contributed by atoms with Gasteiger partial charge in [0.25, 0.3) is 5.89 Å². The Morgan fingerprint density at radius 1 is 1.39 bits per heavy atom. The van der Waals surface area contributed by atoms with Crippen molar-refractivity contribution in [2.24, 2.45) is 0 Å². The van der Waals surface area contributed by atoms with Gasteiger partial charge in [-0.15, -0.1) is 21.5 Å². The average Bonchev–Trinajstić information content (AvgIpc) is 2.92. The number of nitrogens with zero attached hydrogens (tertiary/aromatic N) is 2. The van der Waals surface area contributed by atoms with Crippen LogP contribution >= 0.6 is 11.3 Å². The van der Waals surface area contributed by atoms with Gasteiger partial charge in [0, 0.05) is 23.9 Å². The van der Waals surface area contributed by atoms with Gasteiger partial charge in [-0.1, -0.05) is 6.92 Å². The van der Waals surface area contributed by atoms with E-state index in [0.717, 1.165) is 36.2 Å². The molecule has 4 nitrogen and oxygen atoms in total. The van der Waals surface area contributed by atoms with E-state index in [1.165, 1.54) is 17.7 Å². The maximum atomic E-state index is 5.68. The van der Waals surface area contributed by atoms with Gasteiger partial charge in [0.1, 0.15) is 0 Å². The highest BCUT2D eigenvalue weighted by molar-refractivity contribution is 7.15. The van der Waals surface area contributed by atoms with Gasteiger partial charge in [0.2, 0.25) is 5.89 Å². The van der Waals surface area contributed by atoms with Crippen LogP contribution in [0.15, 0.2) is 16.5 Å². The molecule has 0 bridgehead atoms. The summed E-state index contributed by atoms with van der Waals surface area (Å²) >= 11 is 1.73. The van der Waals surface area contributed by atoms with Crippen molar-refractivity contribution in [1.29, 1.82) is 0 Å². The Bertz CT molecular complexity index is 516. The molecule has 1 saturated carbocycles. The zero-order valence-electron chi connectivity index (χ0n) is 10.5. The number of nitrogens with one attached hydrogen (secondary N) is 1. The first-order valence-electron chi connectivity index (χ1n) is 6.50. The van der Waals surface area contributed by atoms with Crippen LogP contribution in [-0.4, -0.2) is 22.8 Å². The Hall–Kier alpha value is -1.20. The minimum atomic E-state index is 0.654. The molecular weight excluding hydrogens is 246 g/mol. The minimum absolute atomic E-state index is 0.654. The van der Waals surface area contributed by atoms with E-state index in [9.17, 15) is 0 Å². The summed E-state index contributed by atoms with van der Waals surface area (Å²) in [7, 11) is 0. The second-order valence-corrected chi connectivity index (χ2v) is 5.77. The van der Waals surface area contributed by atoms with Crippen LogP contribution in [0.2, 0.25) is 0 Å². The second-order valence-electron chi connectivity index (χ2n) is 4.60. The lowest BCUT2D eigenvalue weighted by Crippen LogP contribution is -2.19. The van der Waals surface area contributed by atoms with Gasteiger partial charge in [-0.3, -0.25) is 0 Å². The number of thiophene rings is 1. The molecular formula is C13H17N3OS. The molecule has 0 aliphatic heterocycles. The molecule has 0 radical (unpaired) electrons. The normalized spacial score (nSPS) is 15.2. The third-order valence-electron chi connectivity index (χ3n) is 3.04. The molecule has 1 aliphatic rings. The zero-order valence-corrected chi connectivity index (χ0v) is 11.3. The Kier molecular flexibility index (Phi) is 3.43. The molecule has 2 aromatic heterocycles. The van der Waals surface area contributed by atoms with Crippen LogP contribution in [-0.2, 0) is 12.8 Å². The van der Waals surface area contributed by atoms with Crippen molar-refractivity contribution in [3.05, 3.63) is 22.9 Å². The molecule has 1 aliphatic carbocycles. The lowest BCUT2D eigenvalue weighted by Gasteiger charge is -1.97. The SMILES string of the molecule is CCc1ccc(-c2nnc(CCNC3CC3)o2)s1. The Morgan fingerprint density at radius 2 is 2.28 bits per heavy atom. The highest BCUT2D eigenvalue weighted by Gasteiger charge is 2.20. The summed E-state index contributed by atoms with van der Waals surface area (Å²) in [6.45, 7) is 3.08.